The molecule has 0 aliphatic heterocycles. The molecule has 0 fully saturated rings. The van der Waals surface area contributed by atoms with E-state index in [0.29, 0.717) is 0 Å². The van der Waals surface area contributed by atoms with Crippen molar-refractivity contribution in [2.24, 2.45) is 0 Å². The number of hydrogen-bond donors (Lipinski definition) is 1. The zero-order chi connectivity index (χ0) is 13.2. The maximum absolute atomic E-state index is 10.6. The van der Waals surface area contributed by atoms with E-state index in [2.05, 4.69) is 9.97 Å². The summed E-state index contributed by atoms with van der Waals surface area (Å²) in [6.45, 7) is 0. The Labute approximate surface area is 117 Å². The number of benzene rings is 1. The number of nitrogens with one attached hydrogen (secondary N) is 1. The number of aldehydes is 1. The van der Waals surface area contributed by atoms with E-state index in [1.165, 1.54) is 23.1 Å². The standard InChI is InChI=1S/C13H10N2O2S2/c1-17-8-2-3-11-12(4-8)15-13(14-11)19-10-5-9(6-16)18-7-10/h2-7H,1H3,(H,14,15). The maximum Gasteiger partial charge on any atom is 0.171 e. The van der Waals surface area contributed by atoms with Gasteiger partial charge in [0.25, 0.3) is 0 Å². The number of H-pyrrole nitrogens is 1. The molecule has 4 nitrogen and oxygen atoms in total. The average Bonchev–Trinajstić information content (AvgIpc) is 3.03. The molecular formula is C13H10N2O2S2. The first kappa shape index (κ1) is 12.3. The second-order valence-corrected chi connectivity index (χ2v) is 5.83. The number of ether oxygens (including phenoxy) is 1. The van der Waals surface area contributed by atoms with Crippen LogP contribution >= 0.6 is 23.1 Å². The third-order valence-corrected chi connectivity index (χ3v) is 4.46. The zero-order valence-electron chi connectivity index (χ0n) is 10.0. The second kappa shape index (κ2) is 5.07. The van der Waals surface area contributed by atoms with Gasteiger partial charge in [-0.05, 0) is 18.2 Å². The summed E-state index contributed by atoms with van der Waals surface area (Å²) in [6.07, 6.45) is 0.859. The number of methoxy groups -OCH3 is 1. The SMILES string of the molecule is COc1ccc2nc(Sc3csc(C=O)c3)[nH]c2c1. The van der Waals surface area contributed by atoms with Gasteiger partial charge >= 0.3 is 0 Å². The summed E-state index contributed by atoms with van der Waals surface area (Å²) in [4.78, 5) is 20.1. The van der Waals surface area contributed by atoms with Crippen molar-refractivity contribution in [1.82, 2.24) is 9.97 Å². The van der Waals surface area contributed by atoms with Crippen molar-refractivity contribution >= 4 is 40.4 Å². The first-order chi connectivity index (χ1) is 9.28. The van der Waals surface area contributed by atoms with Gasteiger partial charge < -0.3 is 9.72 Å². The fourth-order valence-corrected chi connectivity index (χ4v) is 3.40. The molecule has 0 saturated heterocycles. The molecule has 0 atom stereocenters. The zero-order valence-corrected chi connectivity index (χ0v) is 11.7. The highest BCUT2D eigenvalue weighted by atomic mass is 32.2. The van der Waals surface area contributed by atoms with Crippen LogP contribution in [-0.2, 0) is 0 Å². The highest BCUT2D eigenvalue weighted by Gasteiger charge is 2.07. The number of rotatable bonds is 4. The molecule has 0 saturated carbocycles. The number of aromatic amines is 1. The van der Waals surface area contributed by atoms with Gasteiger partial charge in [-0.15, -0.1) is 11.3 Å². The molecule has 3 aromatic rings. The fraction of sp³-hybridized carbons (Fsp3) is 0.0769. The van der Waals surface area contributed by atoms with Crippen LogP contribution in [0, 0.1) is 0 Å². The normalized spacial score (nSPS) is 10.8. The fourth-order valence-electron chi connectivity index (χ4n) is 1.70. The topological polar surface area (TPSA) is 55.0 Å². The van der Waals surface area contributed by atoms with Gasteiger partial charge in [-0.1, -0.05) is 11.8 Å². The Kier molecular flexibility index (Phi) is 3.27. The van der Waals surface area contributed by atoms with Crippen molar-refractivity contribution in [2.75, 3.05) is 7.11 Å². The second-order valence-electron chi connectivity index (χ2n) is 3.83. The molecule has 0 unspecified atom stereocenters. The van der Waals surface area contributed by atoms with Gasteiger partial charge in [0.1, 0.15) is 5.75 Å². The quantitative estimate of drug-likeness (QED) is 0.746. The van der Waals surface area contributed by atoms with Gasteiger partial charge in [0, 0.05) is 16.3 Å². The predicted octanol–water partition coefficient (Wildman–Crippen LogP) is 3.60. The molecule has 0 aliphatic rings. The molecule has 0 aliphatic carbocycles. The number of imidazole rings is 1. The van der Waals surface area contributed by atoms with Crippen molar-refractivity contribution in [2.45, 2.75) is 10.1 Å². The summed E-state index contributed by atoms with van der Waals surface area (Å²) in [5, 5.41) is 2.75. The number of carbonyl (C=O) groups excluding carboxylic acids is 1. The van der Waals surface area contributed by atoms with Crippen LogP contribution in [0.25, 0.3) is 11.0 Å². The van der Waals surface area contributed by atoms with Gasteiger partial charge in [-0.2, -0.15) is 0 Å². The van der Waals surface area contributed by atoms with E-state index in [-0.39, 0.29) is 0 Å². The minimum absolute atomic E-state index is 0.722. The van der Waals surface area contributed by atoms with Gasteiger partial charge in [0.2, 0.25) is 0 Å². The summed E-state index contributed by atoms with van der Waals surface area (Å²) in [7, 11) is 1.64. The van der Waals surface area contributed by atoms with Crippen LogP contribution in [0.4, 0.5) is 0 Å². The third-order valence-electron chi connectivity index (χ3n) is 2.59. The first-order valence-corrected chi connectivity index (χ1v) is 7.23. The molecule has 19 heavy (non-hydrogen) atoms. The Hall–Kier alpha value is -1.79. The highest BCUT2D eigenvalue weighted by molar-refractivity contribution is 7.99. The molecule has 0 bridgehead atoms. The van der Waals surface area contributed by atoms with E-state index in [0.717, 1.165) is 38.0 Å². The molecule has 1 aromatic carbocycles. The smallest absolute Gasteiger partial charge is 0.171 e. The summed E-state index contributed by atoms with van der Waals surface area (Å²) >= 11 is 2.94. The molecule has 0 radical (unpaired) electrons. The Morgan fingerprint density at radius 2 is 2.32 bits per heavy atom. The molecule has 96 valence electrons. The van der Waals surface area contributed by atoms with Gasteiger partial charge in [0.15, 0.2) is 11.4 Å². The highest BCUT2D eigenvalue weighted by Crippen LogP contribution is 2.31. The molecule has 1 N–H and O–H groups in total. The Morgan fingerprint density at radius 3 is 3.05 bits per heavy atom. The van der Waals surface area contributed by atoms with E-state index in [1.54, 1.807) is 7.11 Å². The predicted molar refractivity (Wildman–Crippen MR) is 76.5 cm³/mol. The summed E-state index contributed by atoms with van der Waals surface area (Å²) in [6, 6.07) is 7.57. The van der Waals surface area contributed by atoms with Crippen molar-refractivity contribution in [1.29, 1.82) is 0 Å². The van der Waals surface area contributed by atoms with E-state index in [4.69, 9.17) is 4.74 Å². The summed E-state index contributed by atoms with van der Waals surface area (Å²) < 4.78 is 5.18. The molecule has 0 spiro atoms. The lowest BCUT2D eigenvalue weighted by molar-refractivity contribution is 0.112. The van der Waals surface area contributed by atoms with E-state index < -0.39 is 0 Å². The van der Waals surface area contributed by atoms with Gasteiger partial charge in [-0.25, -0.2) is 4.98 Å². The van der Waals surface area contributed by atoms with Crippen molar-refractivity contribution in [3.05, 3.63) is 34.5 Å². The van der Waals surface area contributed by atoms with Gasteiger partial charge in [0.05, 0.1) is 23.0 Å². The van der Waals surface area contributed by atoms with Gasteiger partial charge in [-0.3, -0.25) is 4.79 Å². The van der Waals surface area contributed by atoms with Crippen LogP contribution in [0.1, 0.15) is 9.67 Å². The number of fused-ring (bicyclic) bond motifs is 1. The summed E-state index contributed by atoms with van der Waals surface area (Å²) in [5.74, 6) is 0.798. The number of aromatic nitrogens is 2. The maximum atomic E-state index is 10.6. The van der Waals surface area contributed by atoms with Crippen LogP contribution in [-0.4, -0.2) is 23.4 Å². The molecule has 3 rings (SSSR count). The van der Waals surface area contributed by atoms with Crippen LogP contribution < -0.4 is 4.74 Å². The lowest BCUT2D eigenvalue weighted by atomic mass is 10.3. The summed E-state index contributed by atoms with van der Waals surface area (Å²) in [5.41, 5.74) is 1.84. The Balaban J connectivity index is 1.90. The third kappa shape index (κ3) is 2.50. The monoisotopic (exact) mass is 290 g/mol. The molecule has 0 amide bonds. The van der Waals surface area contributed by atoms with E-state index in [9.17, 15) is 4.79 Å². The number of thiophene rings is 1. The van der Waals surface area contributed by atoms with Crippen molar-refractivity contribution in [3.63, 3.8) is 0 Å². The first-order valence-electron chi connectivity index (χ1n) is 5.54. The van der Waals surface area contributed by atoms with E-state index >= 15 is 0 Å². The van der Waals surface area contributed by atoms with Crippen molar-refractivity contribution in [3.8, 4) is 5.75 Å². The minimum Gasteiger partial charge on any atom is -0.497 e. The molecule has 6 heteroatoms. The lowest BCUT2D eigenvalue weighted by Gasteiger charge is -1.96. The Bertz CT molecular complexity index is 733. The number of nitrogens with zero attached hydrogens (tertiary/aromatic N) is 1. The minimum atomic E-state index is 0.722. The van der Waals surface area contributed by atoms with Crippen LogP contribution in [0.3, 0.4) is 0 Å². The van der Waals surface area contributed by atoms with Crippen LogP contribution in [0.5, 0.6) is 5.75 Å². The largest absolute Gasteiger partial charge is 0.497 e. The molecular weight excluding hydrogens is 280 g/mol. The van der Waals surface area contributed by atoms with Crippen LogP contribution in [0.2, 0.25) is 0 Å². The van der Waals surface area contributed by atoms with Crippen LogP contribution in [0.15, 0.2) is 39.7 Å². The lowest BCUT2D eigenvalue weighted by Crippen LogP contribution is -1.81. The Morgan fingerprint density at radius 1 is 1.42 bits per heavy atom. The molecule has 2 aromatic heterocycles. The molecule has 2 heterocycles. The number of carbonyl (C=O) groups is 1. The van der Waals surface area contributed by atoms with E-state index in [1.807, 2.05) is 29.6 Å². The van der Waals surface area contributed by atoms with Crippen molar-refractivity contribution < 1.29 is 9.53 Å². The average molecular weight is 290 g/mol. The number of hydrogen-bond acceptors (Lipinski definition) is 5.